The van der Waals surface area contributed by atoms with Crippen molar-refractivity contribution in [2.45, 2.75) is 38.2 Å². The first kappa shape index (κ1) is 12.8. The molecule has 0 radical (unpaired) electrons. The van der Waals surface area contributed by atoms with Crippen LogP contribution >= 0.6 is 0 Å². The first-order valence-electron chi connectivity index (χ1n) is 5.98. The standard InChI is InChI=1S/C11H17F2N5/c12-9(13)6-2-1-3-7(4-6)18-11-8(14)10(15)16-5-17-11/h5-7,9H,1-4,14H2,(H3,15,16,17,18). The Morgan fingerprint density at radius 3 is 2.78 bits per heavy atom. The lowest BCUT2D eigenvalue weighted by Crippen LogP contribution is -2.31. The van der Waals surface area contributed by atoms with Gasteiger partial charge in [-0.1, -0.05) is 6.42 Å². The normalized spacial score (nSPS) is 24.2. The molecule has 100 valence electrons. The molecule has 2 atom stereocenters. The maximum absolute atomic E-state index is 12.7. The summed E-state index contributed by atoms with van der Waals surface area (Å²) >= 11 is 0. The van der Waals surface area contributed by atoms with Gasteiger partial charge in [0.25, 0.3) is 0 Å². The second-order valence-corrected chi connectivity index (χ2v) is 4.62. The summed E-state index contributed by atoms with van der Waals surface area (Å²) in [6, 6.07) is -0.0330. The lowest BCUT2D eigenvalue weighted by atomic mass is 9.86. The first-order valence-corrected chi connectivity index (χ1v) is 5.98. The summed E-state index contributed by atoms with van der Waals surface area (Å²) in [7, 11) is 0. The number of rotatable bonds is 3. The molecule has 1 aromatic heterocycles. The SMILES string of the molecule is Nc1ncnc(NC2CCCC(C(F)F)C2)c1N. The van der Waals surface area contributed by atoms with Gasteiger partial charge < -0.3 is 16.8 Å². The molecular formula is C11H17F2N5. The number of aromatic nitrogens is 2. The fraction of sp³-hybridized carbons (Fsp3) is 0.636. The molecule has 0 saturated heterocycles. The van der Waals surface area contributed by atoms with E-state index in [9.17, 15) is 8.78 Å². The number of hydrogen-bond donors (Lipinski definition) is 3. The van der Waals surface area contributed by atoms with Gasteiger partial charge >= 0.3 is 0 Å². The molecule has 0 aromatic carbocycles. The lowest BCUT2D eigenvalue weighted by molar-refractivity contribution is 0.0534. The van der Waals surface area contributed by atoms with Crippen LogP contribution in [0.2, 0.25) is 0 Å². The molecule has 1 fully saturated rings. The van der Waals surface area contributed by atoms with Gasteiger partial charge in [0.05, 0.1) is 0 Å². The van der Waals surface area contributed by atoms with Crippen molar-refractivity contribution in [2.24, 2.45) is 5.92 Å². The van der Waals surface area contributed by atoms with Crippen molar-refractivity contribution in [3.8, 4) is 0 Å². The Balaban J connectivity index is 2.03. The van der Waals surface area contributed by atoms with Crippen molar-refractivity contribution in [1.82, 2.24) is 9.97 Å². The Bertz CT molecular complexity index is 412. The summed E-state index contributed by atoms with van der Waals surface area (Å²) in [5, 5.41) is 3.09. The van der Waals surface area contributed by atoms with E-state index in [1.807, 2.05) is 0 Å². The number of halogens is 2. The molecule has 1 heterocycles. The van der Waals surface area contributed by atoms with Crippen LogP contribution in [0.1, 0.15) is 25.7 Å². The molecule has 7 heteroatoms. The molecule has 18 heavy (non-hydrogen) atoms. The van der Waals surface area contributed by atoms with Crippen molar-refractivity contribution in [3.05, 3.63) is 6.33 Å². The zero-order valence-electron chi connectivity index (χ0n) is 9.94. The van der Waals surface area contributed by atoms with Crippen molar-refractivity contribution in [2.75, 3.05) is 16.8 Å². The summed E-state index contributed by atoms with van der Waals surface area (Å²) in [5.41, 5.74) is 11.6. The molecule has 0 amide bonds. The highest BCUT2D eigenvalue weighted by atomic mass is 19.3. The van der Waals surface area contributed by atoms with Crippen LogP contribution < -0.4 is 16.8 Å². The van der Waals surface area contributed by atoms with Gasteiger partial charge in [0, 0.05) is 12.0 Å². The molecule has 0 bridgehead atoms. The van der Waals surface area contributed by atoms with Crippen LogP contribution in [0.25, 0.3) is 0 Å². The molecule has 5 nitrogen and oxygen atoms in total. The minimum atomic E-state index is -2.26. The first-order chi connectivity index (χ1) is 8.58. The Morgan fingerprint density at radius 2 is 2.06 bits per heavy atom. The third-order valence-corrected chi connectivity index (χ3v) is 3.33. The summed E-state index contributed by atoms with van der Waals surface area (Å²) < 4.78 is 25.4. The van der Waals surface area contributed by atoms with Crippen molar-refractivity contribution in [1.29, 1.82) is 0 Å². The van der Waals surface area contributed by atoms with Crippen LogP contribution in [-0.4, -0.2) is 22.4 Å². The van der Waals surface area contributed by atoms with Gasteiger partial charge in [0.15, 0.2) is 11.6 Å². The van der Waals surface area contributed by atoms with E-state index in [0.29, 0.717) is 18.7 Å². The average molecular weight is 257 g/mol. The van der Waals surface area contributed by atoms with Gasteiger partial charge in [-0.15, -0.1) is 0 Å². The number of anilines is 3. The Morgan fingerprint density at radius 1 is 1.28 bits per heavy atom. The summed E-state index contributed by atoms with van der Waals surface area (Å²) in [6.45, 7) is 0. The second kappa shape index (κ2) is 5.32. The van der Waals surface area contributed by atoms with E-state index in [1.165, 1.54) is 6.33 Å². The molecule has 2 rings (SSSR count). The number of hydrogen-bond acceptors (Lipinski definition) is 5. The van der Waals surface area contributed by atoms with Crippen LogP contribution in [0.15, 0.2) is 6.33 Å². The van der Waals surface area contributed by atoms with E-state index >= 15 is 0 Å². The largest absolute Gasteiger partial charge is 0.393 e. The number of nitrogens with zero attached hydrogens (tertiary/aromatic N) is 2. The molecule has 0 aliphatic heterocycles. The molecule has 2 unspecified atom stereocenters. The zero-order chi connectivity index (χ0) is 13.1. The van der Waals surface area contributed by atoms with Crippen LogP contribution in [-0.2, 0) is 0 Å². The Labute approximate surface area is 104 Å². The number of nitrogen functional groups attached to an aromatic ring is 2. The van der Waals surface area contributed by atoms with Crippen molar-refractivity contribution in [3.63, 3.8) is 0 Å². The molecule has 1 aliphatic carbocycles. The highest BCUT2D eigenvalue weighted by molar-refractivity contribution is 5.72. The molecular weight excluding hydrogens is 240 g/mol. The molecule has 0 spiro atoms. The number of alkyl halides is 2. The average Bonchev–Trinajstić information content (AvgIpc) is 2.35. The fourth-order valence-corrected chi connectivity index (χ4v) is 2.31. The highest BCUT2D eigenvalue weighted by Crippen LogP contribution is 2.31. The van der Waals surface area contributed by atoms with E-state index in [4.69, 9.17) is 11.5 Å². The third-order valence-electron chi connectivity index (χ3n) is 3.33. The molecule has 1 aromatic rings. The minimum absolute atomic E-state index is 0.0330. The van der Waals surface area contributed by atoms with Crippen LogP contribution in [0.3, 0.4) is 0 Å². The summed E-state index contributed by atoms with van der Waals surface area (Å²) in [4.78, 5) is 7.75. The maximum Gasteiger partial charge on any atom is 0.241 e. The lowest BCUT2D eigenvalue weighted by Gasteiger charge is -2.29. The maximum atomic E-state index is 12.7. The van der Waals surface area contributed by atoms with E-state index in [1.54, 1.807) is 0 Å². The second-order valence-electron chi connectivity index (χ2n) is 4.62. The van der Waals surface area contributed by atoms with Crippen LogP contribution in [0.5, 0.6) is 0 Å². The van der Waals surface area contributed by atoms with Crippen LogP contribution in [0, 0.1) is 5.92 Å². The van der Waals surface area contributed by atoms with Gasteiger partial charge in [0.2, 0.25) is 6.43 Å². The fourth-order valence-electron chi connectivity index (χ4n) is 2.31. The van der Waals surface area contributed by atoms with E-state index < -0.39 is 12.3 Å². The Kier molecular flexibility index (Phi) is 3.78. The molecule has 1 aliphatic rings. The van der Waals surface area contributed by atoms with Gasteiger partial charge in [-0.3, -0.25) is 0 Å². The number of nitrogens with one attached hydrogen (secondary N) is 1. The molecule has 1 saturated carbocycles. The minimum Gasteiger partial charge on any atom is -0.393 e. The monoisotopic (exact) mass is 257 g/mol. The topological polar surface area (TPSA) is 89.8 Å². The predicted molar refractivity (Wildman–Crippen MR) is 66.2 cm³/mol. The predicted octanol–water partition coefficient (Wildman–Crippen LogP) is 1.88. The van der Waals surface area contributed by atoms with E-state index in [0.717, 1.165) is 12.8 Å². The van der Waals surface area contributed by atoms with Gasteiger partial charge in [-0.25, -0.2) is 18.7 Å². The number of nitrogens with two attached hydrogens (primary N) is 2. The molecule has 5 N–H and O–H groups in total. The van der Waals surface area contributed by atoms with Crippen molar-refractivity contribution >= 4 is 17.3 Å². The quantitative estimate of drug-likeness (QED) is 0.769. The summed E-state index contributed by atoms with van der Waals surface area (Å²) in [6.07, 6.45) is 1.68. The van der Waals surface area contributed by atoms with Gasteiger partial charge in [-0.2, -0.15) is 0 Å². The third kappa shape index (κ3) is 2.77. The highest BCUT2D eigenvalue weighted by Gasteiger charge is 2.28. The van der Waals surface area contributed by atoms with E-state index in [-0.39, 0.29) is 17.5 Å². The van der Waals surface area contributed by atoms with Crippen molar-refractivity contribution < 1.29 is 8.78 Å². The van der Waals surface area contributed by atoms with Crippen LogP contribution in [0.4, 0.5) is 26.1 Å². The van der Waals surface area contributed by atoms with Gasteiger partial charge in [-0.05, 0) is 19.3 Å². The summed E-state index contributed by atoms with van der Waals surface area (Å²) in [5.74, 6) is 0.0906. The smallest absolute Gasteiger partial charge is 0.241 e. The Hall–Kier alpha value is -1.66. The van der Waals surface area contributed by atoms with Gasteiger partial charge in [0.1, 0.15) is 12.0 Å². The van der Waals surface area contributed by atoms with E-state index in [2.05, 4.69) is 15.3 Å². The zero-order valence-corrected chi connectivity index (χ0v) is 9.94.